The minimum Gasteiger partial charge on any atom is -0.384 e. The normalized spacial score (nSPS) is 11.7. The molecule has 0 amide bonds. The van der Waals surface area contributed by atoms with Crippen molar-refractivity contribution in [2.75, 3.05) is 5.73 Å². The van der Waals surface area contributed by atoms with Crippen LogP contribution in [0.15, 0.2) is 36.5 Å². The summed E-state index contributed by atoms with van der Waals surface area (Å²) in [6, 6.07) is 6.94. The number of nitrogen functional groups attached to an aromatic ring is 1. The van der Waals surface area contributed by atoms with E-state index in [2.05, 4.69) is 5.10 Å². The molecule has 2 rings (SSSR count). The lowest BCUT2D eigenvalue weighted by atomic mass is 10.1. The highest BCUT2D eigenvalue weighted by Gasteiger charge is 2.29. The number of alkyl halides is 3. The van der Waals surface area contributed by atoms with Gasteiger partial charge in [0.15, 0.2) is 0 Å². The Hall–Kier alpha value is -1.98. The first-order valence-electron chi connectivity index (χ1n) is 5.90. The van der Waals surface area contributed by atoms with Crippen LogP contribution in [0.4, 0.5) is 19.0 Å². The highest BCUT2D eigenvalue weighted by Crippen LogP contribution is 2.29. The fourth-order valence-electron chi connectivity index (χ4n) is 1.82. The van der Waals surface area contributed by atoms with Crippen LogP contribution >= 0.6 is 0 Å². The molecule has 2 N–H and O–H groups in total. The molecule has 19 heavy (non-hydrogen) atoms. The van der Waals surface area contributed by atoms with Gasteiger partial charge in [-0.25, -0.2) is 0 Å². The molecule has 0 spiro atoms. The number of rotatable bonds is 4. The number of nitrogens with zero attached hydrogens (tertiary/aromatic N) is 2. The second kappa shape index (κ2) is 5.34. The maximum absolute atomic E-state index is 12.4. The molecule has 0 bridgehead atoms. The molecule has 0 aliphatic carbocycles. The number of benzene rings is 1. The molecule has 0 unspecified atom stereocenters. The van der Waals surface area contributed by atoms with Gasteiger partial charge in [-0.15, -0.1) is 0 Å². The number of aromatic nitrogens is 2. The standard InChI is InChI=1S/C13H14F3N3/c14-13(15,16)11-5-3-10(4-6-11)2-1-9-19-12(17)7-8-18-19/h3-8H,1-2,9,17H2. The van der Waals surface area contributed by atoms with Gasteiger partial charge in [0.05, 0.1) is 11.8 Å². The van der Waals surface area contributed by atoms with Crippen LogP contribution in [0.1, 0.15) is 17.5 Å². The van der Waals surface area contributed by atoms with E-state index in [4.69, 9.17) is 5.73 Å². The summed E-state index contributed by atoms with van der Waals surface area (Å²) in [6.45, 7) is 0.653. The summed E-state index contributed by atoms with van der Waals surface area (Å²) in [5.74, 6) is 0.590. The van der Waals surface area contributed by atoms with Gasteiger partial charge in [-0.05, 0) is 36.6 Å². The molecule has 0 radical (unpaired) electrons. The predicted octanol–water partition coefficient (Wildman–Crippen LogP) is 3.12. The average Bonchev–Trinajstić information content (AvgIpc) is 2.75. The monoisotopic (exact) mass is 269 g/mol. The summed E-state index contributed by atoms with van der Waals surface area (Å²) >= 11 is 0. The second-order valence-electron chi connectivity index (χ2n) is 4.28. The third kappa shape index (κ3) is 3.49. The summed E-state index contributed by atoms with van der Waals surface area (Å²) in [6.07, 6.45) is -1.19. The van der Waals surface area contributed by atoms with Crippen molar-refractivity contribution in [1.29, 1.82) is 0 Å². The van der Waals surface area contributed by atoms with E-state index >= 15 is 0 Å². The number of anilines is 1. The van der Waals surface area contributed by atoms with Crippen LogP contribution < -0.4 is 5.73 Å². The fraction of sp³-hybridized carbons (Fsp3) is 0.308. The van der Waals surface area contributed by atoms with Crippen molar-refractivity contribution in [3.63, 3.8) is 0 Å². The largest absolute Gasteiger partial charge is 0.416 e. The van der Waals surface area contributed by atoms with Crippen LogP contribution in [-0.4, -0.2) is 9.78 Å². The first-order chi connectivity index (χ1) is 8.97. The smallest absolute Gasteiger partial charge is 0.384 e. The summed E-state index contributed by atoms with van der Waals surface area (Å²) < 4.78 is 38.8. The number of nitrogens with two attached hydrogens (primary N) is 1. The maximum Gasteiger partial charge on any atom is 0.416 e. The van der Waals surface area contributed by atoms with Crippen molar-refractivity contribution in [3.05, 3.63) is 47.7 Å². The molecule has 0 fully saturated rings. The Morgan fingerprint density at radius 3 is 2.32 bits per heavy atom. The lowest BCUT2D eigenvalue weighted by molar-refractivity contribution is -0.137. The Labute approximate surface area is 108 Å². The molecule has 0 saturated heterocycles. The summed E-state index contributed by atoms with van der Waals surface area (Å²) in [5, 5.41) is 4.04. The molecule has 0 saturated carbocycles. The van der Waals surface area contributed by atoms with Gasteiger partial charge in [-0.1, -0.05) is 12.1 Å². The zero-order chi connectivity index (χ0) is 13.9. The number of hydrogen-bond acceptors (Lipinski definition) is 2. The molecule has 1 aromatic heterocycles. The van der Waals surface area contributed by atoms with Crippen LogP contribution in [0.2, 0.25) is 0 Å². The predicted molar refractivity (Wildman–Crippen MR) is 66.4 cm³/mol. The van der Waals surface area contributed by atoms with Gasteiger partial charge < -0.3 is 5.73 Å². The van der Waals surface area contributed by atoms with E-state index in [-0.39, 0.29) is 0 Å². The van der Waals surface area contributed by atoms with E-state index in [9.17, 15) is 13.2 Å². The summed E-state index contributed by atoms with van der Waals surface area (Å²) in [4.78, 5) is 0. The van der Waals surface area contributed by atoms with Gasteiger partial charge in [-0.2, -0.15) is 18.3 Å². The molecule has 6 heteroatoms. The minimum atomic E-state index is -4.28. The first-order valence-corrected chi connectivity index (χ1v) is 5.90. The van der Waals surface area contributed by atoms with Crippen LogP contribution in [-0.2, 0) is 19.1 Å². The third-order valence-electron chi connectivity index (χ3n) is 2.87. The van der Waals surface area contributed by atoms with Crippen LogP contribution in [0, 0.1) is 0 Å². The maximum atomic E-state index is 12.4. The molecule has 0 aliphatic heterocycles. The molecular weight excluding hydrogens is 255 g/mol. The molecule has 3 nitrogen and oxygen atoms in total. The Bertz CT molecular complexity index is 529. The SMILES string of the molecule is Nc1ccnn1CCCc1ccc(C(F)(F)F)cc1. The van der Waals surface area contributed by atoms with E-state index in [1.165, 1.54) is 12.1 Å². The van der Waals surface area contributed by atoms with Crippen molar-refractivity contribution in [2.24, 2.45) is 0 Å². The Morgan fingerprint density at radius 1 is 1.11 bits per heavy atom. The lowest BCUT2D eigenvalue weighted by Crippen LogP contribution is -2.06. The molecule has 2 aromatic rings. The lowest BCUT2D eigenvalue weighted by Gasteiger charge is -2.08. The van der Waals surface area contributed by atoms with E-state index in [1.807, 2.05) is 0 Å². The van der Waals surface area contributed by atoms with Crippen molar-refractivity contribution in [3.8, 4) is 0 Å². The first kappa shape index (κ1) is 13.5. The summed E-state index contributed by atoms with van der Waals surface area (Å²) in [7, 11) is 0. The van der Waals surface area contributed by atoms with E-state index < -0.39 is 11.7 Å². The molecule has 1 aromatic carbocycles. The van der Waals surface area contributed by atoms with Gasteiger partial charge in [0.1, 0.15) is 5.82 Å². The quantitative estimate of drug-likeness (QED) is 0.926. The van der Waals surface area contributed by atoms with Crippen molar-refractivity contribution < 1.29 is 13.2 Å². The molecule has 1 heterocycles. The van der Waals surface area contributed by atoms with E-state index in [1.54, 1.807) is 16.9 Å². The van der Waals surface area contributed by atoms with Crippen LogP contribution in [0.5, 0.6) is 0 Å². The Kier molecular flexibility index (Phi) is 3.78. The Morgan fingerprint density at radius 2 is 1.79 bits per heavy atom. The van der Waals surface area contributed by atoms with Gasteiger partial charge in [-0.3, -0.25) is 4.68 Å². The minimum absolute atomic E-state index is 0.590. The zero-order valence-electron chi connectivity index (χ0n) is 10.2. The highest BCUT2D eigenvalue weighted by atomic mass is 19.4. The Balaban J connectivity index is 1.89. The van der Waals surface area contributed by atoms with Gasteiger partial charge in [0.2, 0.25) is 0 Å². The van der Waals surface area contributed by atoms with Crippen molar-refractivity contribution in [1.82, 2.24) is 9.78 Å². The van der Waals surface area contributed by atoms with E-state index in [0.717, 1.165) is 24.1 Å². The second-order valence-corrected chi connectivity index (χ2v) is 4.28. The fourth-order valence-corrected chi connectivity index (χ4v) is 1.82. The van der Waals surface area contributed by atoms with E-state index in [0.29, 0.717) is 18.8 Å². The summed E-state index contributed by atoms with van der Waals surface area (Å²) in [5.41, 5.74) is 5.92. The number of hydrogen-bond donors (Lipinski definition) is 1. The van der Waals surface area contributed by atoms with Gasteiger partial charge in [0.25, 0.3) is 0 Å². The molecule has 0 atom stereocenters. The van der Waals surface area contributed by atoms with Crippen molar-refractivity contribution in [2.45, 2.75) is 25.6 Å². The average molecular weight is 269 g/mol. The molecule has 0 aliphatic rings. The number of halogens is 3. The zero-order valence-corrected chi connectivity index (χ0v) is 10.2. The molecule has 102 valence electrons. The number of aryl methyl sites for hydroxylation is 2. The van der Waals surface area contributed by atoms with Gasteiger partial charge >= 0.3 is 6.18 Å². The van der Waals surface area contributed by atoms with Crippen molar-refractivity contribution >= 4 is 5.82 Å². The van der Waals surface area contributed by atoms with Crippen LogP contribution in [0.3, 0.4) is 0 Å². The topological polar surface area (TPSA) is 43.8 Å². The molecular formula is C13H14F3N3. The third-order valence-corrected chi connectivity index (χ3v) is 2.87. The van der Waals surface area contributed by atoms with Crippen LogP contribution in [0.25, 0.3) is 0 Å². The highest BCUT2D eigenvalue weighted by molar-refractivity contribution is 5.26. The van der Waals surface area contributed by atoms with Gasteiger partial charge in [0, 0.05) is 6.54 Å².